The summed E-state index contributed by atoms with van der Waals surface area (Å²) in [4.78, 5) is 22.2. The van der Waals surface area contributed by atoms with Gasteiger partial charge in [-0.25, -0.2) is 9.97 Å². The molecule has 0 spiro atoms. The fraction of sp³-hybridized carbons (Fsp3) is 0.316. The van der Waals surface area contributed by atoms with Gasteiger partial charge in [0.15, 0.2) is 0 Å². The lowest BCUT2D eigenvalue weighted by molar-refractivity contribution is -0.126. The number of nitrogens with two attached hydrogens (primary N) is 1. The van der Waals surface area contributed by atoms with Gasteiger partial charge in [0.1, 0.15) is 0 Å². The molecule has 1 amide bonds. The topological polar surface area (TPSA) is 72.1 Å². The van der Waals surface area contributed by atoms with Crippen LogP contribution >= 0.6 is 0 Å². The number of anilines is 1. The maximum absolute atomic E-state index is 12.5. The molecule has 0 saturated heterocycles. The number of benzene rings is 1. The number of aryl methyl sites for hydroxylation is 1. The van der Waals surface area contributed by atoms with Gasteiger partial charge >= 0.3 is 0 Å². The predicted molar refractivity (Wildman–Crippen MR) is 97.0 cm³/mol. The van der Waals surface area contributed by atoms with Crippen molar-refractivity contribution in [3.05, 3.63) is 59.4 Å². The van der Waals surface area contributed by atoms with Gasteiger partial charge in [0.2, 0.25) is 11.9 Å². The Balaban J connectivity index is 2.06. The van der Waals surface area contributed by atoms with Crippen LogP contribution in [-0.2, 0) is 11.3 Å². The Bertz CT molecular complexity index is 678. The Morgan fingerprint density at radius 3 is 2.50 bits per heavy atom. The fourth-order valence-corrected chi connectivity index (χ4v) is 2.24. The van der Waals surface area contributed by atoms with Crippen molar-refractivity contribution in [2.45, 2.75) is 33.2 Å². The van der Waals surface area contributed by atoms with Gasteiger partial charge in [0, 0.05) is 37.1 Å². The van der Waals surface area contributed by atoms with Crippen LogP contribution in [0.3, 0.4) is 0 Å². The van der Waals surface area contributed by atoms with Gasteiger partial charge in [-0.15, -0.1) is 0 Å². The summed E-state index contributed by atoms with van der Waals surface area (Å²) in [5.74, 6) is 0.211. The quantitative estimate of drug-likeness (QED) is 0.794. The minimum atomic E-state index is -0.0131. The first-order chi connectivity index (χ1) is 11.6. The second-order valence-electron chi connectivity index (χ2n) is 5.81. The molecule has 2 rings (SSSR count). The first-order valence-corrected chi connectivity index (χ1v) is 8.18. The number of rotatable bonds is 7. The van der Waals surface area contributed by atoms with Gasteiger partial charge < -0.3 is 10.6 Å². The van der Waals surface area contributed by atoms with Crippen molar-refractivity contribution in [1.82, 2.24) is 14.9 Å². The van der Waals surface area contributed by atoms with Gasteiger partial charge in [-0.05, 0) is 25.0 Å². The summed E-state index contributed by atoms with van der Waals surface area (Å²) in [6, 6.07) is 8.27. The van der Waals surface area contributed by atoms with E-state index in [9.17, 15) is 4.79 Å². The largest absolute Gasteiger partial charge is 0.368 e. The number of carbonyl (C=O) groups is 1. The van der Waals surface area contributed by atoms with Crippen molar-refractivity contribution in [3.63, 3.8) is 0 Å². The van der Waals surface area contributed by atoms with Crippen molar-refractivity contribution in [2.75, 3.05) is 12.3 Å². The number of nitrogens with zero attached hydrogens (tertiary/aromatic N) is 3. The van der Waals surface area contributed by atoms with Gasteiger partial charge in [-0.2, -0.15) is 0 Å². The van der Waals surface area contributed by atoms with E-state index in [4.69, 9.17) is 5.73 Å². The lowest BCUT2D eigenvalue weighted by Crippen LogP contribution is -2.30. The highest BCUT2D eigenvalue weighted by molar-refractivity contribution is 5.91. The standard InChI is InChI=1S/C19H24N4O/c1-3-4-11-23(14-16-7-5-15(2)6-8-16)18(24)10-9-17-12-21-19(20)22-13-17/h5-10,12-13H,3-4,11,14H2,1-2H3,(H2,20,21,22). The zero-order chi connectivity index (χ0) is 17.4. The Hall–Kier alpha value is -2.69. The lowest BCUT2D eigenvalue weighted by Gasteiger charge is -2.21. The molecule has 1 aromatic heterocycles. The highest BCUT2D eigenvalue weighted by Gasteiger charge is 2.10. The second kappa shape index (κ2) is 8.82. The van der Waals surface area contributed by atoms with E-state index in [1.165, 1.54) is 5.56 Å². The van der Waals surface area contributed by atoms with Crippen molar-refractivity contribution in [3.8, 4) is 0 Å². The van der Waals surface area contributed by atoms with E-state index in [0.717, 1.165) is 30.5 Å². The molecule has 0 bridgehead atoms. The third-order valence-electron chi connectivity index (χ3n) is 3.70. The average molecular weight is 324 g/mol. The SMILES string of the molecule is CCCCN(Cc1ccc(C)cc1)C(=O)C=Cc1cnc(N)nc1. The molecule has 0 aliphatic carbocycles. The summed E-state index contributed by atoms with van der Waals surface area (Å²) in [6.45, 7) is 5.53. The van der Waals surface area contributed by atoms with E-state index in [1.807, 2.05) is 4.90 Å². The van der Waals surface area contributed by atoms with E-state index in [0.29, 0.717) is 6.54 Å². The molecule has 0 fully saturated rings. The van der Waals surface area contributed by atoms with Crippen molar-refractivity contribution < 1.29 is 4.79 Å². The molecule has 0 atom stereocenters. The van der Waals surface area contributed by atoms with Crippen molar-refractivity contribution in [2.24, 2.45) is 0 Å². The summed E-state index contributed by atoms with van der Waals surface area (Å²) < 4.78 is 0. The molecule has 1 heterocycles. The van der Waals surface area contributed by atoms with Crippen LogP contribution in [0, 0.1) is 6.92 Å². The Morgan fingerprint density at radius 1 is 1.21 bits per heavy atom. The van der Waals surface area contributed by atoms with Gasteiger partial charge in [0.05, 0.1) is 0 Å². The smallest absolute Gasteiger partial charge is 0.246 e. The predicted octanol–water partition coefficient (Wildman–Crippen LogP) is 3.21. The average Bonchev–Trinajstić information content (AvgIpc) is 2.59. The third-order valence-corrected chi connectivity index (χ3v) is 3.70. The number of aromatic nitrogens is 2. The molecule has 0 aliphatic rings. The molecule has 5 heteroatoms. The van der Waals surface area contributed by atoms with Crippen LogP contribution in [0.1, 0.15) is 36.5 Å². The molecule has 1 aromatic carbocycles. The molecule has 24 heavy (non-hydrogen) atoms. The summed E-state index contributed by atoms with van der Waals surface area (Å²) in [5.41, 5.74) is 8.56. The Morgan fingerprint density at radius 2 is 1.88 bits per heavy atom. The maximum atomic E-state index is 12.5. The second-order valence-corrected chi connectivity index (χ2v) is 5.81. The summed E-state index contributed by atoms with van der Waals surface area (Å²) >= 11 is 0. The van der Waals surface area contributed by atoms with Crippen LogP contribution in [-0.4, -0.2) is 27.3 Å². The number of unbranched alkanes of at least 4 members (excludes halogenated alkanes) is 1. The molecular weight excluding hydrogens is 300 g/mol. The molecule has 0 unspecified atom stereocenters. The summed E-state index contributed by atoms with van der Waals surface area (Å²) in [7, 11) is 0. The first kappa shape index (κ1) is 17.7. The maximum Gasteiger partial charge on any atom is 0.246 e. The third kappa shape index (κ3) is 5.50. The Labute approximate surface area is 143 Å². The molecule has 0 aliphatic heterocycles. The first-order valence-electron chi connectivity index (χ1n) is 8.18. The lowest BCUT2D eigenvalue weighted by atomic mass is 10.1. The summed E-state index contributed by atoms with van der Waals surface area (Å²) in [6.07, 6.45) is 8.52. The number of carbonyl (C=O) groups excluding carboxylic acids is 1. The van der Waals surface area contributed by atoms with E-state index in [-0.39, 0.29) is 11.9 Å². The van der Waals surface area contributed by atoms with E-state index in [1.54, 1.807) is 24.5 Å². The zero-order valence-electron chi connectivity index (χ0n) is 14.3. The number of nitrogen functional groups attached to an aromatic ring is 1. The van der Waals surface area contributed by atoms with Crippen molar-refractivity contribution >= 4 is 17.9 Å². The highest BCUT2D eigenvalue weighted by atomic mass is 16.2. The minimum absolute atomic E-state index is 0.0131. The van der Waals surface area contributed by atoms with Crippen LogP contribution in [0.2, 0.25) is 0 Å². The molecule has 5 nitrogen and oxygen atoms in total. The van der Waals surface area contributed by atoms with E-state index >= 15 is 0 Å². The molecule has 126 valence electrons. The molecule has 0 radical (unpaired) electrons. The van der Waals surface area contributed by atoms with Crippen LogP contribution in [0.25, 0.3) is 6.08 Å². The van der Waals surface area contributed by atoms with Gasteiger partial charge in [-0.3, -0.25) is 4.79 Å². The van der Waals surface area contributed by atoms with E-state index in [2.05, 4.69) is 48.1 Å². The minimum Gasteiger partial charge on any atom is -0.368 e. The van der Waals surface area contributed by atoms with Gasteiger partial charge in [0.25, 0.3) is 0 Å². The van der Waals surface area contributed by atoms with Crippen molar-refractivity contribution in [1.29, 1.82) is 0 Å². The van der Waals surface area contributed by atoms with Crippen LogP contribution in [0.4, 0.5) is 5.95 Å². The van der Waals surface area contributed by atoms with Crippen LogP contribution in [0.15, 0.2) is 42.7 Å². The number of amides is 1. The van der Waals surface area contributed by atoms with Crippen LogP contribution in [0.5, 0.6) is 0 Å². The normalized spacial score (nSPS) is 10.9. The monoisotopic (exact) mass is 324 g/mol. The zero-order valence-corrected chi connectivity index (χ0v) is 14.3. The molecule has 2 aromatic rings. The number of hydrogen-bond acceptors (Lipinski definition) is 4. The number of hydrogen-bond donors (Lipinski definition) is 1. The molecule has 0 saturated carbocycles. The summed E-state index contributed by atoms with van der Waals surface area (Å²) in [5, 5.41) is 0. The fourth-order valence-electron chi connectivity index (χ4n) is 2.24. The molecule has 2 N–H and O–H groups in total. The van der Waals surface area contributed by atoms with Gasteiger partial charge in [-0.1, -0.05) is 43.2 Å². The van der Waals surface area contributed by atoms with E-state index < -0.39 is 0 Å². The van der Waals surface area contributed by atoms with Crippen LogP contribution < -0.4 is 5.73 Å². The Kier molecular flexibility index (Phi) is 6.49. The highest BCUT2D eigenvalue weighted by Crippen LogP contribution is 2.10. The molecular formula is C19H24N4O.